The summed E-state index contributed by atoms with van der Waals surface area (Å²) < 4.78 is 0. The van der Waals surface area contributed by atoms with Crippen molar-refractivity contribution < 1.29 is 5.11 Å². The zero-order valence-corrected chi connectivity index (χ0v) is 13.2. The number of hydrogen-bond acceptors (Lipinski definition) is 2. The van der Waals surface area contributed by atoms with Crippen molar-refractivity contribution in [2.24, 2.45) is 11.8 Å². The van der Waals surface area contributed by atoms with Crippen molar-refractivity contribution in [1.29, 1.82) is 0 Å². The Morgan fingerprint density at radius 2 is 2.10 bits per heavy atom. The molecule has 0 aromatic heterocycles. The Bertz CT molecular complexity index is 418. The number of anilines is 1. The zero-order chi connectivity index (χ0) is 14.5. The third-order valence-corrected chi connectivity index (χ3v) is 4.70. The van der Waals surface area contributed by atoms with Crippen molar-refractivity contribution >= 4 is 5.69 Å². The minimum absolute atomic E-state index is 0.115. The van der Waals surface area contributed by atoms with Crippen molar-refractivity contribution in [2.45, 2.75) is 52.1 Å². The molecule has 2 nitrogen and oxygen atoms in total. The highest BCUT2D eigenvalue weighted by molar-refractivity contribution is 5.47. The molecule has 1 fully saturated rings. The average Bonchev–Trinajstić information content (AvgIpc) is 2.43. The van der Waals surface area contributed by atoms with E-state index in [1.54, 1.807) is 0 Å². The van der Waals surface area contributed by atoms with Crippen LogP contribution >= 0.6 is 0 Å². The standard InChI is InChI=1S/C18H29NO/c1-4-6-15-9-10-18(20)16(12-15)13-19(3)17-8-5-7-14(2)11-17/h5,7-8,11,15-16,18,20H,4,6,9-10,12-13H2,1-3H3. The summed E-state index contributed by atoms with van der Waals surface area (Å²) in [6, 6.07) is 8.62. The molecule has 2 heteroatoms. The Kier molecular flexibility index (Phi) is 5.47. The predicted molar refractivity (Wildman–Crippen MR) is 86.2 cm³/mol. The number of hydrogen-bond donors (Lipinski definition) is 1. The molecule has 1 aliphatic carbocycles. The van der Waals surface area contributed by atoms with Crippen LogP contribution in [0.15, 0.2) is 24.3 Å². The molecule has 1 aliphatic rings. The van der Waals surface area contributed by atoms with Gasteiger partial charge in [-0.05, 0) is 49.8 Å². The second-order valence-corrected chi connectivity index (χ2v) is 6.51. The number of benzene rings is 1. The van der Waals surface area contributed by atoms with Gasteiger partial charge in [0, 0.05) is 25.2 Å². The maximum absolute atomic E-state index is 10.3. The fourth-order valence-electron chi connectivity index (χ4n) is 3.53. The molecule has 1 aromatic carbocycles. The van der Waals surface area contributed by atoms with E-state index in [4.69, 9.17) is 0 Å². The van der Waals surface area contributed by atoms with Gasteiger partial charge in [0.05, 0.1) is 6.10 Å². The fraction of sp³-hybridized carbons (Fsp3) is 0.667. The molecule has 2 rings (SSSR count). The molecule has 20 heavy (non-hydrogen) atoms. The van der Waals surface area contributed by atoms with Crippen LogP contribution in [0.2, 0.25) is 0 Å². The second-order valence-electron chi connectivity index (χ2n) is 6.51. The normalized spacial score (nSPS) is 26.5. The molecular weight excluding hydrogens is 246 g/mol. The summed E-state index contributed by atoms with van der Waals surface area (Å²) in [6.45, 7) is 5.35. The molecule has 0 saturated heterocycles. The van der Waals surface area contributed by atoms with E-state index < -0.39 is 0 Å². The quantitative estimate of drug-likeness (QED) is 0.877. The number of nitrogens with zero attached hydrogens (tertiary/aromatic N) is 1. The summed E-state index contributed by atoms with van der Waals surface area (Å²) in [7, 11) is 2.14. The third kappa shape index (κ3) is 3.99. The van der Waals surface area contributed by atoms with E-state index in [0.717, 1.165) is 18.9 Å². The molecule has 3 unspecified atom stereocenters. The van der Waals surface area contributed by atoms with Crippen molar-refractivity contribution in [3.05, 3.63) is 29.8 Å². The van der Waals surface area contributed by atoms with Crippen molar-refractivity contribution in [2.75, 3.05) is 18.5 Å². The summed E-state index contributed by atoms with van der Waals surface area (Å²) >= 11 is 0. The molecule has 0 bridgehead atoms. The Labute approximate surface area is 123 Å². The summed E-state index contributed by atoms with van der Waals surface area (Å²) in [6.07, 6.45) is 5.84. The molecule has 112 valence electrons. The van der Waals surface area contributed by atoms with Gasteiger partial charge in [0.2, 0.25) is 0 Å². The number of aliphatic hydroxyl groups is 1. The van der Waals surface area contributed by atoms with E-state index in [1.165, 1.54) is 36.9 Å². The van der Waals surface area contributed by atoms with Crippen LogP contribution in [0.25, 0.3) is 0 Å². The van der Waals surface area contributed by atoms with Gasteiger partial charge in [-0.2, -0.15) is 0 Å². The summed E-state index contributed by atoms with van der Waals surface area (Å²) in [5.41, 5.74) is 2.55. The van der Waals surface area contributed by atoms with Crippen LogP contribution < -0.4 is 4.90 Å². The van der Waals surface area contributed by atoms with Gasteiger partial charge in [-0.15, -0.1) is 0 Å². The van der Waals surface area contributed by atoms with Crippen LogP contribution in [-0.4, -0.2) is 24.8 Å². The van der Waals surface area contributed by atoms with Gasteiger partial charge in [-0.3, -0.25) is 0 Å². The van der Waals surface area contributed by atoms with Crippen LogP contribution in [0.3, 0.4) is 0 Å². The minimum Gasteiger partial charge on any atom is -0.393 e. The lowest BCUT2D eigenvalue weighted by molar-refractivity contribution is 0.0499. The van der Waals surface area contributed by atoms with Crippen LogP contribution in [0.5, 0.6) is 0 Å². The molecule has 1 N–H and O–H groups in total. The first-order chi connectivity index (χ1) is 9.60. The van der Waals surface area contributed by atoms with E-state index in [9.17, 15) is 5.11 Å². The van der Waals surface area contributed by atoms with Gasteiger partial charge in [-0.25, -0.2) is 0 Å². The van der Waals surface area contributed by atoms with E-state index in [2.05, 4.69) is 50.1 Å². The Morgan fingerprint density at radius 3 is 2.80 bits per heavy atom. The van der Waals surface area contributed by atoms with Gasteiger partial charge in [0.15, 0.2) is 0 Å². The van der Waals surface area contributed by atoms with Crippen LogP contribution in [0.4, 0.5) is 5.69 Å². The number of aliphatic hydroxyl groups excluding tert-OH is 1. The Hall–Kier alpha value is -1.02. The molecule has 0 aliphatic heterocycles. The molecule has 0 radical (unpaired) electrons. The largest absolute Gasteiger partial charge is 0.393 e. The summed E-state index contributed by atoms with van der Waals surface area (Å²) in [5, 5.41) is 10.3. The first kappa shape index (κ1) is 15.4. The topological polar surface area (TPSA) is 23.5 Å². The maximum atomic E-state index is 10.3. The highest BCUT2D eigenvalue weighted by Crippen LogP contribution is 2.33. The van der Waals surface area contributed by atoms with Crippen molar-refractivity contribution in [3.8, 4) is 0 Å². The smallest absolute Gasteiger partial charge is 0.0585 e. The third-order valence-electron chi connectivity index (χ3n) is 4.70. The van der Waals surface area contributed by atoms with Crippen molar-refractivity contribution in [3.63, 3.8) is 0 Å². The van der Waals surface area contributed by atoms with Gasteiger partial charge in [-0.1, -0.05) is 31.9 Å². The van der Waals surface area contributed by atoms with Crippen LogP contribution in [-0.2, 0) is 0 Å². The second kappa shape index (κ2) is 7.12. The molecule has 3 atom stereocenters. The molecule has 1 saturated carbocycles. The van der Waals surface area contributed by atoms with Crippen molar-refractivity contribution in [1.82, 2.24) is 0 Å². The van der Waals surface area contributed by atoms with E-state index in [0.29, 0.717) is 5.92 Å². The first-order valence-corrected chi connectivity index (χ1v) is 8.06. The van der Waals surface area contributed by atoms with E-state index in [1.807, 2.05) is 0 Å². The number of rotatable bonds is 5. The first-order valence-electron chi connectivity index (χ1n) is 8.06. The van der Waals surface area contributed by atoms with Gasteiger partial charge >= 0.3 is 0 Å². The Morgan fingerprint density at radius 1 is 1.30 bits per heavy atom. The minimum atomic E-state index is -0.115. The monoisotopic (exact) mass is 275 g/mol. The highest BCUT2D eigenvalue weighted by atomic mass is 16.3. The molecule has 0 amide bonds. The Balaban J connectivity index is 1.96. The van der Waals surface area contributed by atoms with Gasteiger partial charge < -0.3 is 10.0 Å². The zero-order valence-electron chi connectivity index (χ0n) is 13.2. The lowest BCUT2D eigenvalue weighted by atomic mass is 9.77. The lowest BCUT2D eigenvalue weighted by Crippen LogP contribution is -2.37. The van der Waals surface area contributed by atoms with Gasteiger partial charge in [0.1, 0.15) is 0 Å². The van der Waals surface area contributed by atoms with E-state index >= 15 is 0 Å². The maximum Gasteiger partial charge on any atom is 0.0585 e. The lowest BCUT2D eigenvalue weighted by Gasteiger charge is -2.36. The average molecular weight is 275 g/mol. The summed E-state index contributed by atoms with van der Waals surface area (Å²) in [5.74, 6) is 1.24. The highest BCUT2D eigenvalue weighted by Gasteiger charge is 2.29. The van der Waals surface area contributed by atoms with Crippen LogP contribution in [0.1, 0.15) is 44.6 Å². The molecule has 0 heterocycles. The molecular formula is C18H29NO. The van der Waals surface area contributed by atoms with E-state index in [-0.39, 0.29) is 6.10 Å². The van der Waals surface area contributed by atoms with Crippen LogP contribution in [0, 0.1) is 18.8 Å². The summed E-state index contributed by atoms with van der Waals surface area (Å²) in [4.78, 5) is 2.30. The number of aryl methyl sites for hydroxylation is 1. The SMILES string of the molecule is CCCC1CCC(O)C(CN(C)c2cccc(C)c2)C1. The fourth-order valence-corrected chi connectivity index (χ4v) is 3.53. The molecule has 0 spiro atoms. The predicted octanol–water partition coefficient (Wildman–Crippen LogP) is 4.01. The molecule has 1 aromatic rings. The van der Waals surface area contributed by atoms with Gasteiger partial charge in [0.25, 0.3) is 0 Å².